The number of rotatable bonds is 1. The molecular formula is C12H13ClN2OS. The van der Waals surface area contributed by atoms with Crippen molar-refractivity contribution in [2.24, 2.45) is 0 Å². The number of nitrogens with one attached hydrogen (secondary N) is 1. The van der Waals surface area contributed by atoms with Gasteiger partial charge in [-0.05, 0) is 12.1 Å². The van der Waals surface area contributed by atoms with Gasteiger partial charge in [0.2, 0.25) is 0 Å². The van der Waals surface area contributed by atoms with E-state index in [2.05, 4.69) is 9.97 Å². The number of hydrogen-bond donors (Lipinski definition) is 1. The van der Waals surface area contributed by atoms with Crippen molar-refractivity contribution >= 4 is 22.9 Å². The lowest BCUT2D eigenvalue weighted by atomic mass is 9.95. The van der Waals surface area contributed by atoms with Crippen molar-refractivity contribution < 1.29 is 0 Å². The maximum absolute atomic E-state index is 11.6. The van der Waals surface area contributed by atoms with Crippen LogP contribution in [0.1, 0.15) is 26.6 Å². The van der Waals surface area contributed by atoms with E-state index in [-0.39, 0.29) is 11.0 Å². The van der Waals surface area contributed by atoms with E-state index in [4.69, 9.17) is 11.6 Å². The minimum atomic E-state index is -0.184. The van der Waals surface area contributed by atoms with E-state index in [1.165, 1.54) is 17.4 Å². The summed E-state index contributed by atoms with van der Waals surface area (Å²) in [6.45, 7) is 6.03. The van der Waals surface area contributed by atoms with Crippen LogP contribution in [0.5, 0.6) is 0 Å². The van der Waals surface area contributed by atoms with Gasteiger partial charge in [-0.3, -0.25) is 4.79 Å². The third kappa shape index (κ3) is 2.76. The Bertz CT molecular complexity index is 595. The summed E-state index contributed by atoms with van der Waals surface area (Å²) in [6.07, 6.45) is 0. The van der Waals surface area contributed by atoms with Crippen LogP contribution in [-0.4, -0.2) is 9.97 Å². The van der Waals surface area contributed by atoms with Crippen LogP contribution >= 0.6 is 22.9 Å². The quantitative estimate of drug-likeness (QED) is 0.861. The third-order valence-corrected chi connectivity index (χ3v) is 3.53. The monoisotopic (exact) mass is 268 g/mol. The number of halogens is 1. The Balaban J connectivity index is 2.57. The first-order valence-electron chi connectivity index (χ1n) is 5.24. The molecule has 0 aromatic carbocycles. The molecular weight excluding hydrogens is 256 g/mol. The molecule has 90 valence electrons. The molecule has 5 heteroatoms. The second-order valence-electron chi connectivity index (χ2n) is 4.83. The molecule has 17 heavy (non-hydrogen) atoms. The first-order valence-corrected chi connectivity index (χ1v) is 6.43. The van der Waals surface area contributed by atoms with Crippen LogP contribution < -0.4 is 5.56 Å². The number of thiophene rings is 1. The summed E-state index contributed by atoms with van der Waals surface area (Å²) in [5.41, 5.74) is 0.357. The van der Waals surface area contributed by atoms with Crippen LogP contribution in [0.3, 0.4) is 0 Å². The summed E-state index contributed by atoms with van der Waals surface area (Å²) in [7, 11) is 0. The highest BCUT2D eigenvalue weighted by atomic mass is 35.5. The van der Waals surface area contributed by atoms with Gasteiger partial charge in [-0.25, -0.2) is 4.98 Å². The lowest BCUT2D eigenvalue weighted by molar-refractivity contribution is 0.543. The SMILES string of the molecule is CC(C)(C)c1nc(-c2ccc(Cl)s2)cc(=O)[nH]1. The molecule has 2 rings (SSSR count). The van der Waals surface area contributed by atoms with Gasteiger partial charge in [0.25, 0.3) is 5.56 Å². The lowest BCUT2D eigenvalue weighted by Crippen LogP contribution is -2.21. The van der Waals surface area contributed by atoms with E-state index in [0.29, 0.717) is 15.9 Å². The Labute approximate surface area is 108 Å². The molecule has 0 spiro atoms. The Morgan fingerprint density at radius 2 is 2.06 bits per heavy atom. The summed E-state index contributed by atoms with van der Waals surface area (Å²) in [5.74, 6) is 0.685. The van der Waals surface area contributed by atoms with Crippen molar-refractivity contribution in [3.8, 4) is 10.6 Å². The molecule has 0 fully saturated rings. The molecule has 0 bridgehead atoms. The third-order valence-electron chi connectivity index (χ3n) is 2.28. The van der Waals surface area contributed by atoms with Crippen LogP contribution in [-0.2, 0) is 5.41 Å². The van der Waals surface area contributed by atoms with Crippen LogP contribution in [0.4, 0.5) is 0 Å². The molecule has 2 aromatic heterocycles. The van der Waals surface area contributed by atoms with Gasteiger partial charge in [0, 0.05) is 11.5 Å². The molecule has 0 radical (unpaired) electrons. The van der Waals surface area contributed by atoms with Crippen molar-refractivity contribution in [3.05, 3.63) is 38.7 Å². The highest BCUT2D eigenvalue weighted by Crippen LogP contribution is 2.30. The fraction of sp³-hybridized carbons (Fsp3) is 0.333. The molecule has 0 saturated heterocycles. The van der Waals surface area contributed by atoms with Gasteiger partial charge in [-0.15, -0.1) is 11.3 Å². The van der Waals surface area contributed by atoms with Crippen LogP contribution in [0.25, 0.3) is 10.6 Å². The summed E-state index contributed by atoms with van der Waals surface area (Å²) in [5, 5.41) is 0. The first kappa shape index (κ1) is 12.3. The lowest BCUT2D eigenvalue weighted by Gasteiger charge is -2.17. The topological polar surface area (TPSA) is 45.8 Å². The standard InChI is InChI=1S/C12H13ClN2OS/c1-12(2,3)11-14-7(6-10(16)15-11)8-4-5-9(13)17-8/h4-6H,1-3H3,(H,14,15,16). The Kier molecular flexibility index (Phi) is 3.10. The van der Waals surface area contributed by atoms with Gasteiger partial charge in [-0.2, -0.15) is 0 Å². The molecule has 0 amide bonds. The molecule has 0 aliphatic heterocycles. The molecule has 2 aromatic rings. The number of aromatic amines is 1. The van der Waals surface area contributed by atoms with Gasteiger partial charge in [0.05, 0.1) is 14.9 Å². The molecule has 3 nitrogen and oxygen atoms in total. The highest BCUT2D eigenvalue weighted by Gasteiger charge is 2.18. The number of H-pyrrole nitrogens is 1. The molecule has 0 atom stereocenters. The van der Waals surface area contributed by atoms with Crippen LogP contribution in [0.2, 0.25) is 4.34 Å². The van der Waals surface area contributed by atoms with Crippen molar-refractivity contribution in [3.63, 3.8) is 0 Å². The van der Waals surface area contributed by atoms with Gasteiger partial charge >= 0.3 is 0 Å². The number of nitrogens with zero attached hydrogens (tertiary/aromatic N) is 1. The highest BCUT2D eigenvalue weighted by molar-refractivity contribution is 7.19. The smallest absolute Gasteiger partial charge is 0.251 e. The maximum Gasteiger partial charge on any atom is 0.251 e. The van der Waals surface area contributed by atoms with Crippen molar-refractivity contribution in [1.29, 1.82) is 0 Å². The largest absolute Gasteiger partial charge is 0.310 e. The van der Waals surface area contributed by atoms with Crippen molar-refractivity contribution in [1.82, 2.24) is 9.97 Å². The van der Waals surface area contributed by atoms with Crippen LogP contribution in [0.15, 0.2) is 23.0 Å². The fourth-order valence-corrected chi connectivity index (χ4v) is 2.39. The van der Waals surface area contributed by atoms with Gasteiger partial charge in [-0.1, -0.05) is 32.4 Å². The predicted octanol–water partition coefficient (Wildman–Crippen LogP) is 3.45. The van der Waals surface area contributed by atoms with E-state index in [1.54, 1.807) is 6.07 Å². The zero-order valence-corrected chi connectivity index (χ0v) is 11.4. The van der Waals surface area contributed by atoms with E-state index in [1.807, 2.05) is 26.8 Å². The molecule has 0 aliphatic rings. The minimum Gasteiger partial charge on any atom is -0.310 e. The van der Waals surface area contributed by atoms with Crippen molar-refractivity contribution in [2.75, 3.05) is 0 Å². The van der Waals surface area contributed by atoms with Crippen LogP contribution in [0, 0.1) is 0 Å². The predicted molar refractivity (Wildman–Crippen MR) is 71.9 cm³/mol. The molecule has 0 unspecified atom stereocenters. The van der Waals surface area contributed by atoms with Crippen molar-refractivity contribution in [2.45, 2.75) is 26.2 Å². The second-order valence-corrected chi connectivity index (χ2v) is 6.55. The average Bonchev–Trinajstić information content (AvgIpc) is 2.62. The molecule has 0 saturated carbocycles. The zero-order chi connectivity index (χ0) is 12.6. The zero-order valence-electron chi connectivity index (χ0n) is 9.87. The van der Waals surface area contributed by atoms with E-state index in [9.17, 15) is 4.79 Å². The second kappa shape index (κ2) is 4.27. The van der Waals surface area contributed by atoms with E-state index >= 15 is 0 Å². The Hall–Kier alpha value is -1.13. The summed E-state index contributed by atoms with van der Waals surface area (Å²) in [4.78, 5) is 19.8. The van der Waals surface area contributed by atoms with E-state index < -0.39 is 0 Å². The first-order chi connectivity index (χ1) is 7.86. The van der Waals surface area contributed by atoms with Gasteiger partial charge in [0.15, 0.2) is 0 Å². The maximum atomic E-state index is 11.6. The Morgan fingerprint density at radius 3 is 2.59 bits per heavy atom. The summed E-state index contributed by atoms with van der Waals surface area (Å²) < 4.78 is 0.694. The molecule has 2 heterocycles. The summed E-state index contributed by atoms with van der Waals surface area (Å²) in [6, 6.07) is 5.18. The number of hydrogen-bond acceptors (Lipinski definition) is 3. The molecule has 0 aliphatic carbocycles. The molecule has 1 N–H and O–H groups in total. The van der Waals surface area contributed by atoms with E-state index in [0.717, 1.165) is 4.88 Å². The van der Waals surface area contributed by atoms with Gasteiger partial charge in [0.1, 0.15) is 5.82 Å². The van der Waals surface area contributed by atoms with Gasteiger partial charge < -0.3 is 4.98 Å². The minimum absolute atomic E-state index is 0.135. The fourth-order valence-electron chi connectivity index (χ4n) is 1.39. The number of aromatic nitrogens is 2. The Morgan fingerprint density at radius 1 is 1.35 bits per heavy atom. The average molecular weight is 269 g/mol. The summed E-state index contributed by atoms with van der Waals surface area (Å²) >= 11 is 7.30. The normalized spacial score (nSPS) is 11.8.